The van der Waals surface area contributed by atoms with E-state index in [1.807, 2.05) is 13.8 Å². The molecule has 0 aromatic carbocycles. The van der Waals surface area contributed by atoms with Crippen LogP contribution in [-0.4, -0.2) is 31.6 Å². The third-order valence-electron chi connectivity index (χ3n) is 0.981. The number of rotatable bonds is 6. The van der Waals surface area contributed by atoms with Crippen molar-refractivity contribution < 1.29 is 14.3 Å². The smallest absolute Gasteiger partial charge is 0.266 e. The molecule has 0 rings (SSSR count). The van der Waals surface area contributed by atoms with Crippen molar-refractivity contribution in [3.63, 3.8) is 0 Å². The molecule has 0 bridgehead atoms. The average molecular weight is 186 g/mol. The fraction of sp³-hybridized carbons (Fsp3) is 0.625. The van der Waals surface area contributed by atoms with Gasteiger partial charge in [0, 0.05) is 6.21 Å². The van der Waals surface area contributed by atoms with Gasteiger partial charge in [-0.25, -0.2) is 5.43 Å². The maximum atomic E-state index is 10.8. The topological polar surface area (TPSA) is 67.8 Å². The van der Waals surface area contributed by atoms with Crippen LogP contribution in [0.1, 0.15) is 13.8 Å². The molecule has 0 aliphatic carbocycles. The lowest BCUT2D eigenvalue weighted by Crippen LogP contribution is -2.23. The van der Waals surface area contributed by atoms with Crippen LogP contribution in [0.5, 0.6) is 0 Å². The summed E-state index contributed by atoms with van der Waals surface area (Å²) < 4.78 is 4.65. The first-order valence-corrected chi connectivity index (χ1v) is 4.00. The summed E-state index contributed by atoms with van der Waals surface area (Å²) >= 11 is 0. The molecule has 0 aromatic heterocycles. The van der Waals surface area contributed by atoms with E-state index in [1.54, 1.807) is 6.21 Å². The first-order chi connectivity index (χ1) is 6.16. The lowest BCUT2D eigenvalue weighted by Gasteiger charge is -1.99. The molecule has 0 fully saturated rings. The molecule has 0 aliphatic heterocycles. The van der Waals surface area contributed by atoms with Crippen LogP contribution < -0.4 is 5.43 Å². The van der Waals surface area contributed by atoms with Crippen LogP contribution in [0.15, 0.2) is 5.10 Å². The van der Waals surface area contributed by atoms with Gasteiger partial charge in [-0.3, -0.25) is 4.79 Å². The number of hydrogen-bond acceptors (Lipinski definition) is 4. The van der Waals surface area contributed by atoms with E-state index in [0.29, 0.717) is 6.29 Å². The van der Waals surface area contributed by atoms with Gasteiger partial charge >= 0.3 is 0 Å². The molecule has 0 atom stereocenters. The molecular weight excluding hydrogens is 172 g/mol. The molecular formula is C8H14N2O3. The highest BCUT2D eigenvalue weighted by Crippen LogP contribution is 1.83. The summed E-state index contributed by atoms with van der Waals surface area (Å²) in [5, 5.41) is 3.66. The molecule has 0 saturated carbocycles. The predicted molar refractivity (Wildman–Crippen MR) is 48.4 cm³/mol. The number of carbonyl (C=O) groups is 2. The standard InChI is InChI=1S/C8H14N2O3/c1-7(2)5-9-10-8(12)6-13-4-3-11/h3,5,7H,4,6H2,1-2H3,(H,10,12)/b9-5+. The van der Waals surface area contributed by atoms with Crippen LogP contribution in [-0.2, 0) is 14.3 Å². The monoisotopic (exact) mass is 186 g/mol. The molecule has 5 heteroatoms. The van der Waals surface area contributed by atoms with Crippen molar-refractivity contribution in [3.05, 3.63) is 0 Å². The zero-order valence-corrected chi connectivity index (χ0v) is 7.82. The second-order valence-electron chi connectivity index (χ2n) is 2.74. The van der Waals surface area contributed by atoms with Gasteiger partial charge in [-0.1, -0.05) is 13.8 Å². The Bertz CT molecular complexity index is 190. The van der Waals surface area contributed by atoms with Gasteiger partial charge in [-0.05, 0) is 5.92 Å². The molecule has 0 spiro atoms. The third-order valence-corrected chi connectivity index (χ3v) is 0.981. The average Bonchev–Trinajstić information content (AvgIpc) is 2.04. The molecule has 5 nitrogen and oxygen atoms in total. The summed E-state index contributed by atoms with van der Waals surface area (Å²) in [5.41, 5.74) is 2.26. The second-order valence-corrected chi connectivity index (χ2v) is 2.74. The number of nitrogens with zero attached hydrogens (tertiary/aromatic N) is 1. The Morgan fingerprint density at radius 3 is 2.85 bits per heavy atom. The summed E-state index contributed by atoms with van der Waals surface area (Å²) in [6, 6.07) is 0. The molecule has 0 saturated heterocycles. The fourth-order valence-electron chi connectivity index (χ4n) is 0.490. The Morgan fingerprint density at radius 2 is 2.31 bits per heavy atom. The summed E-state index contributed by atoms with van der Waals surface area (Å²) in [5.74, 6) is -0.0741. The zero-order valence-electron chi connectivity index (χ0n) is 7.82. The van der Waals surface area contributed by atoms with Crippen LogP contribution in [0, 0.1) is 5.92 Å². The Kier molecular flexibility index (Phi) is 6.72. The second kappa shape index (κ2) is 7.42. The minimum atomic E-state index is -0.362. The molecule has 1 N–H and O–H groups in total. The Labute approximate surface area is 77.1 Å². The van der Waals surface area contributed by atoms with Gasteiger partial charge in [0.25, 0.3) is 5.91 Å². The highest BCUT2D eigenvalue weighted by atomic mass is 16.5. The van der Waals surface area contributed by atoms with Gasteiger partial charge in [0.05, 0.1) is 0 Å². The highest BCUT2D eigenvalue weighted by molar-refractivity contribution is 5.78. The van der Waals surface area contributed by atoms with Crippen LogP contribution in [0.3, 0.4) is 0 Å². The first-order valence-electron chi connectivity index (χ1n) is 4.00. The van der Waals surface area contributed by atoms with E-state index in [-0.39, 0.29) is 25.0 Å². The summed E-state index contributed by atoms with van der Waals surface area (Å²) in [4.78, 5) is 20.6. The first kappa shape index (κ1) is 11.8. The van der Waals surface area contributed by atoms with Gasteiger partial charge in [0.2, 0.25) is 0 Å². The largest absolute Gasteiger partial charge is 0.364 e. The Morgan fingerprint density at radius 1 is 1.62 bits per heavy atom. The van der Waals surface area contributed by atoms with E-state index < -0.39 is 0 Å². The van der Waals surface area contributed by atoms with Crippen molar-refractivity contribution in [2.24, 2.45) is 11.0 Å². The number of hydrogen-bond donors (Lipinski definition) is 1. The van der Waals surface area contributed by atoms with Crippen molar-refractivity contribution >= 4 is 18.4 Å². The number of carbonyl (C=O) groups excluding carboxylic acids is 2. The van der Waals surface area contributed by atoms with E-state index in [4.69, 9.17) is 0 Å². The number of hydrazone groups is 1. The normalized spacial score (nSPS) is 10.7. The molecule has 13 heavy (non-hydrogen) atoms. The SMILES string of the molecule is CC(C)/C=N/NC(=O)COCC=O. The molecule has 0 radical (unpaired) electrons. The van der Waals surface area contributed by atoms with Crippen molar-refractivity contribution in [1.29, 1.82) is 0 Å². The van der Waals surface area contributed by atoms with Crippen LogP contribution >= 0.6 is 0 Å². The highest BCUT2D eigenvalue weighted by Gasteiger charge is 1.97. The molecule has 74 valence electrons. The number of nitrogens with one attached hydrogen (secondary N) is 1. The summed E-state index contributed by atoms with van der Waals surface area (Å²) in [6.45, 7) is 3.67. The Balaban J connectivity index is 3.45. The van der Waals surface area contributed by atoms with Crippen molar-refractivity contribution in [2.75, 3.05) is 13.2 Å². The van der Waals surface area contributed by atoms with E-state index >= 15 is 0 Å². The van der Waals surface area contributed by atoms with Gasteiger partial charge < -0.3 is 9.53 Å². The van der Waals surface area contributed by atoms with Crippen molar-refractivity contribution in [3.8, 4) is 0 Å². The quantitative estimate of drug-likeness (QED) is 0.274. The van der Waals surface area contributed by atoms with Crippen molar-refractivity contribution in [2.45, 2.75) is 13.8 Å². The molecule has 1 amide bonds. The van der Waals surface area contributed by atoms with E-state index in [2.05, 4.69) is 15.3 Å². The minimum Gasteiger partial charge on any atom is -0.364 e. The Hall–Kier alpha value is -1.23. The lowest BCUT2D eigenvalue weighted by atomic mass is 10.3. The maximum absolute atomic E-state index is 10.8. The van der Waals surface area contributed by atoms with Gasteiger partial charge in [-0.2, -0.15) is 5.10 Å². The van der Waals surface area contributed by atoms with E-state index in [1.165, 1.54) is 0 Å². The number of amides is 1. The molecule has 0 unspecified atom stereocenters. The maximum Gasteiger partial charge on any atom is 0.266 e. The van der Waals surface area contributed by atoms with Crippen molar-refractivity contribution in [1.82, 2.24) is 5.43 Å². The van der Waals surface area contributed by atoms with Crippen LogP contribution in [0.4, 0.5) is 0 Å². The predicted octanol–water partition coefficient (Wildman–Crippen LogP) is -0.0401. The third kappa shape index (κ3) is 8.68. The molecule has 0 aromatic rings. The number of ether oxygens (including phenoxy) is 1. The van der Waals surface area contributed by atoms with Crippen LogP contribution in [0.25, 0.3) is 0 Å². The lowest BCUT2D eigenvalue weighted by molar-refractivity contribution is -0.126. The van der Waals surface area contributed by atoms with E-state index in [0.717, 1.165) is 0 Å². The fourth-order valence-corrected chi connectivity index (χ4v) is 0.490. The molecule has 0 aliphatic rings. The van der Waals surface area contributed by atoms with Gasteiger partial charge in [0.15, 0.2) is 0 Å². The van der Waals surface area contributed by atoms with Gasteiger partial charge in [0.1, 0.15) is 19.5 Å². The minimum absolute atomic E-state index is 0.0681. The summed E-state index contributed by atoms with van der Waals surface area (Å²) in [6.07, 6.45) is 2.20. The summed E-state index contributed by atoms with van der Waals surface area (Å²) in [7, 11) is 0. The zero-order chi connectivity index (χ0) is 10.1. The van der Waals surface area contributed by atoms with Crippen LogP contribution in [0.2, 0.25) is 0 Å². The number of aldehydes is 1. The van der Waals surface area contributed by atoms with E-state index in [9.17, 15) is 9.59 Å². The van der Waals surface area contributed by atoms with Gasteiger partial charge in [-0.15, -0.1) is 0 Å². The molecule has 0 heterocycles.